The van der Waals surface area contributed by atoms with Crippen LogP contribution in [-0.2, 0) is 26.8 Å². The minimum atomic E-state index is -3.03. The second kappa shape index (κ2) is 8.19. The van der Waals surface area contributed by atoms with Gasteiger partial charge in [0.15, 0.2) is 0 Å². The average Bonchev–Trinajstić information content (AvgIpc) is 2.88. The zero-order chi connectivity index (χ0) is 20.3. The predicted molar refractivity (Wildman–Crippen MR) is 102 cm³/mol. The molecule has 0 radical (unpaired) electrons. The first-order valence-corrected chi connectivity index (χ1v) is 9.29. The number of benzene rings is 2. The zero-order valence-corrected chi connectivity index (χ0v) is 16.0. The Labute approximate surface area is 163 Å². The Hall–Kier alpha value is -2.60. The number of unbranched alkanes of at least 4 members (excludes halogenated alkanes) is 2. The highest BCUT2D eigenvalue weighted by Gasteiger charge is 2.44. The van der Waals surface area contributed by atoms with Gasteiger partial charge in [-0.15, -0.1) is 0 Å². The van der Waals surface area contributed by atoms with Crippen molar-refractivity contribution < 1.29 is 23.2 Å². The number of nitrogens with zero attached hydrogens (tertiary/aromatic N) is 1. The van der Waals surface area contributed by atoms with Gasteiger partial charge >= 0.3 is 0 Å². The lowest BCUT2D eigenvalue weighted by atomic mass is 10.0. The molecule has 4 nitrogen and oxygen atoms in total. The Bertz CT molecular complexity index is 895. The maximum absolute atomic E-state index is 14.8. The fourth-order valence-corrected chi connectivity index (χ4v) is 3.56. The summed E-state index contributed by atoms with van der Waals surface area (Å²) in [6.07, 6.45) is 2.69. The molecule has 2 aromatic carbocycles. The second-order valence-electron chi connectivity index (χ2n) is 7.02. The highest BCUT2D eigenvalue weighted by molar-refractivity contribution is 5.82. The number of carbonyl (C=O) groups excluding carboxylic acids is 2. The Balaban J connectivity index is 1.79. The summed E-state index contributed by atoms with van der Waals surface area (Å²) >= 11 is 0. The molecule has 0 bridgehead atoms. The van der Waals surface area contributed by atoms with Gasteiger partial charge in [0.1, 0.15) is 6.29 Å². The SMILES string of the molecule is CON(CCCCC=O)C(=O)Cc1ccc2c(c1)-c1ccc(C)cc1C2(F)F. The highest BCUT2D eigenvalue weighted by Crippen LogP contribution is 2.51. The van der Waals surface area contributed by atoms with Gasteiger partial charge in [0.2, 0.25) is 0 Å². The van der Waals surface area contributed by atoms with E-state index in [9.17, 15) is 18.4 Å². The summed E-state index contributed by atoms with van der Waals surface area (Å²) in [4.78, 5) is 28.0. The first-order chi connectivity index (χ1) is 13.4. The topological polar surface area (TPSA) is 46.6 Å². The van der Waals surface area contributed by atoms with Crippen molar-refractivity contribution >= 4 is 12.2 Å². The van der Waals surface area contributed by atoms with Crippen molar-refractivity contribution in [2.75, 3.05) is 13.7 Å². The third kappa shape index (κ3) is 3.83. The fourth-order valence-electron chi connectivity index (χ4n) is 3.56. The lowest BCUT2D eigenvalue weighted by Gasteiger charge is -2.19. The van der Waals surface area contributed by atoms with E-state index >= 15 is 0 Å². The van der Waals surface area contributed by atoms with Crippen molar-refractivity contribution in [1.82, 2.24) is 5.06 Å². The van der Waals surface area contributed by atoms with E-state index in [1.165, 1.54) is 24.3 Å². The van der Waals surface area contributed by atoms with Gasteiger partial charge in [-0.1, -0.05) is 35.9 Å². The van der Waals surface area contributed by atoms with E-state index in [1.54, 1.807) is 25.1 Å². The Morgan fingerprint density at radius 1 is 1.11 bits per heavy atom. The van der Waals surface area contributed by atoms with E-state index in [-0.39, 0.29) is 23.5 Å². The molecular weight excluding hydrogens is 364 g/mol. The van der Waals surface area contributed by atoms with Crippen LogP contribution in [0.25, 0.3) is 11.1 Å². The van der Waals surface area contributed by atoms with Gasteiger partial charge < -0.3 is 4.79 Å². The van der Waals surface area contributed by atoms with Gasteiger partial charge in [-0.3, -0.25) is 9.63 Å². The number of aldehydes is 1. The molecule has 0 saturated heterocycles. The number of amides is 1. The quantitative estimate of drug-likeness (QED) is 0.383. The van der Waals surface area contributed by atoms with Crippen LogP contribution in [0.1, 0.15) is 41.5 Å². The minimum Gasteiger partial charge on any atom is -0.303 e. The van der Waals surface area contributed by atoms with Crippen LogP contribution < -0.4 is 0 Å². The standard InChI is InChI=1S/C22H23F2NO3/c1-15-6-8-17-18-13-16(7-9-19(18)22(23,24)20(17)12-15)14-21(27)25(28-2)10-4-3-5-11-26/h6-9,11-13H,3-5,10,14H2,1-2H3. The van der Waals surface area contributed by atoms with E-state index < -0.39 is 5.92 Å². The van der Waals surface area contributed by atoms with E-state index in [0.29, 0.717) is 42.5 Å². The summed E-state index contributed by atoms with van der Waals surface area (Å²) in [7, 11) is 1.42. The number of fused-ring (bicyclic) bond motifs is 3. The molecule has 0 atom stereocenters. The third-order valence-corrected chi connectivity index (χ3v) is 5.01. The molecule has 2 aromatic rings. The normalized spacial score (nSPS) is 13.7. The number of halogens is 2. The zero-order valence-electron chi connectivity index (χ0n) is 16.0. The number of hydrogen-bond acceptors (Lipinski definition) is 3. The Morgan fingerprint density at radius 2 is 1.89 bits per heavy atom. The van der Waals surface area contributed by atoms with E-state index in [4.69, 9.17) is 4.84 Å². The number of rotatable bonds is 8. The van der Waals surface area contributed by atoms with Gasteiger partial charge in [0.25, 0.3) is 11.8 Å². The van der Waals surface area contributed by atoms with Crippen molar-refractivity contribution in [1.29, 1.82) is 0 Å². The summed E-state index contributed by atoms with van der Waals surface area (Å²) in [6, 6.07) is 9.70. The first kappa shape index (κ1) is 20.1. The number of hydrogen-bond donors (Lipinski definition) is 0. The smallest absolute Gasteiger partial charge is 0.299 e. The molecule has 6 heteroatoms. The fraction of sp³-hybridized carbons (Fsp3) is 0.364. The van der Waals surface area contributed by atoms with Crippen LogP contribution in [0.15, 0.2) is 36.4 Å². The molecule has 1 aliphatic rings. The third-order valence-electron chi connectivity index (χ3n) is 5.01. The molecule has 0 unspecified atom stereocenters. The van der Waals surface area contributed by atoms with Crippen molar-refractivity contribution in [2.45, 2.75) is 38.5 Å². The monoisotopic (exact) mass is 387 g/mol. The van der Waals surface area contributed by atoms with Crippen LogP contribution in [0.3, 0.4) is 0 Å². The molecule has 0 fully saturated rings. The molecule has 1 aliphatic carbocycles. The molecule has 3 rings (SSSR count). The number of carbonyl (C=O) groups is 2. The molecule has 0 spiro atoms. The lowest BCUT2D eigenvalue weighted by molar-refractivity contribution is -0.175. The molecule has 1 amide bonds. The Kier molecular flexibility index (Phi) is 5.89. The summed E-state index contributed by atoms with van der Waals surface area (Å²) in [5.74, 6) is -3.28. The number of hydroxylamine groups is 2. The lowest BCUT2D eigenvalue weighted by Crippen LogP contribution is -2.32. The minimum absolute atomic E-state index is 0.0136. The maximum Gasteiger partial charge on any atom is 0.299 e. The van der Waals surface area contributed by atoms with E-state index in [2.05, 4.69) is 0 Å². The summed E-state index contributed by atoms with van der Waals surface area (Å²) in [5, 5.41) is 1.25. The largest absolute Gasteiger partial charge is 0.303 e. The summed E-state index contributed by atoms with van der Waals surface area (Å²) in [5.41, 5.74) is 2.41. The maximum atomic E-state index is 14.8. The van der Waals surface area contributed by atoms with E-state index in [1.807, 2.05) is 6.07 Å². The van der Waals surface area contributed by atoms with E-state index in [0.717, 1.165) is 11.8 Å². The molecule has 0 aromatic heterocycles. The second-order valence-corrected chi connectivity index (χ2v) is 7.02. The molecule has 28 heavy (non-hydrogen) atoms. The van der Waals surface area contributed by atoms with Gasteiger partial charge in [0, 0.05) is 24.1 Å². The van der Waals surface area contributed by atoms with Crippen LogP contribution in [0, 0.1) is 6.92 Å². The molecule has 0 heterocycles. The van der Waals surface area contributed by atoms with Gasteiger partial charge in [-0.05, 0) is 42.5 Å². The van der Waals surface area contributed by atoms with Gasteiger partial charge in [0.05, 0.1) is 13.5 Å². The summed E-state index contributed by atoms with van der Waals surface area (Å²) < 4.78 is 29.5. The Morgan fingerprint density at radius 3 is 2.61 bits per heavy atom. The van der Waals surface area contributed by atoms with Crippen LogP contribution in [0.2, 0.25) is 0 Å². The molecule has 0 N–H and O–H groups in total. The first-order valence-electron chi connectivity index (χ1n) is 9.29. The van der Waals surface area contributed by atoms with Crippen molar-refractivity contribution in [3.8, 4) is 11.1 Å². The van der Waals surface area contributed by atoms with Crippen molar-refractivity contribution in [3.05, 3.63) is 58.7 Å². The van der Waals surface area contributed by atoms with Crippen molar-refractivity contribution in [3.63, 3.8) is 0 Å². The highest BCUT2D eigenvalue weighted by atomic mass is 19.3. The van der Waals surface area contributed by atoms with Crippen LogP contribution in [0.5, 0.6) is 0 Å². The number of alkyl halides is 2. The number of aryl methyl sites for hydroxylation is 1. The summed E-state index contributed by atoms with van der Waals surface area (Å²) in [6.45, 7) is 2.17. The van der Waals surface area contributed by atoms with Crippen LogP contribution in [-0.4, -0.2) is 30.9 Å². The average molecular weight is 387 g/mol. The molecule has 148 valence electrons. The van der Waals surface area contributed by atoms with Crippen LogP contribution >= 0.6 is 0 Å². The predicted octanol–water partition coefficient (Wildman–Crippen LogP) is 4.42. The molecular formula is C22H23F2NO3. The molecule has 0 saturated carbocycles. The van der Waals surface area contributed by atoms with Gasteiger partial charge in [-0.2, -0.15) is 8.78 Å². The van der Waals surface area contributed by atoms with Crippen LogP contribution in [0.4, 0.5) is 8.78 Å². The van der Waals surface area contributed by atoms with Crippen molar-refractivity contribution in [2.24, 2.45) is 0 Å². The molecule has 0 aliphatic heterocycles. The van der Waals surface area contributed by atoms with Gasteiger partial charge in [-0.25, -0.2) is 5.06 Å².